The number of rotatable bonds is 8. The van der Waals surface area contributed by atoms with Crippen LogP contribution >= 0.6 is 0 Å². The number of hydrogen-bond donors (Lipinski definition) is 0. The SMILES string of the molecule is COC(=O)c1c(OC[C@H]2CC(=O)N(C)C2)cc(=O)n2c1CCN(Cc1ccc(CC(C)C)cc1)CC2. The number of nitrogens with zero attached hydrogens (tertiary/aromatic N) is 3. The molecule has 1 amide bonds. The number of aromatic nitrogens is 1. The van der Waals surface area contributed by atoms with Crippen LogP contribution in [0.5, 0.6) is 5.75 Å². The van der Waals surface area contributed by atoms with Crippen molar-refractivity contribution in [3.63, 3.8) is 0 Å². The number of carbonyl (C=O) groups is 2. The van der Waals surface area contributed by atoms with Gasteiger partial charge in [0, 0.05) is 70.3 Å². The van der Waals surface area contributed by atoms with E-state index >= 15 is 0 Å². The fourth-order valence-corrected chi connectivity index (χ4v) is 5.17. The number of methoxy groups -OCH3 is 1. The molecular weight excluding hydrogens is 458 g/mol. The predicted octanol–water partition coefficient (Wildman–Crippen LogP) is 2.75. The first kappa shape index (κ1) is 25.9. The number of benzene rings is 1. The molecule has 0 N–H and O–H groups in total. The summed E-state index contributed by atoms with van der Waals surface area (Å²) in [5.74, 6) is 0.459. The van der Waals surface area contributed by atoms with Gasteiger partial charge in [-0.1, -0.05) is 38.1 Å². The quantitative estimate of drug-likeness (QED) is 0.524. The van der Waals surface area contributed by atoms with Crippen LogP contribution in [0.2, 0.25) is 0 Å². The molecule has 0 saturated carbocycles. The van der Waals surface area contributed by atoms with Crippen LogP contribution in [-0.4, -0.2) is 66.6 Å². The van der Waals surface area contributed by atoms with Crippen LogP contribution in [0.1, 0.15) is 47.4 Å². The molecule has 1 aromatic heterocycles. The number of fused-ring (bicyclic) bond motifs is 1. The Balaban J connectivity index is 1.50. The molecule has 2 aromatic rings. The zero-order valence-corrected chi connectivity index (χ0v) is 21.8. The van der Waals surface area contributed by atoms with Crippen LogP contribution in [0.4, 0.5) is 0 Å². The molecular formula is C28H37N3O5. The van der Waals surface area contributed by atoms with Gasteiger partial charge in [-0.05, 0) is 23.5 Å². The zero-order chi connectivity index (χ0) is 25.8. The Kier molecular flexibility index (Phi) is 8.14. The smallest absolute Gasteiger partial charge is 0.343 e. The van der Waals surface area contributed by atoms with E-state index in [0.29, 0.717) is 56.2 Å². The molecule has 1 aromatic carbocycles. The average Bonchev–Trinajstić information content (AvgIpc) is 3.03. The lowest BCUT2D eigenvalue weighted by molar-refractivity contribution is -0.126. The van der Waals surface area contributed by atoms with E-state index < -0.39 is 5.97 Å². The van der Waals surface area contributed by atoms with Gasteiger partial charge in [-0.2, -0.15) is 0 Å². The molecule has 8 nitrogen and oxygen atoms in total. The normalized spacial score (nSPS) is 18.3. The van der Waals surface area contributed by atoms with Gasteiger partial charge in [0.1, 0.15) is 11.3 Å². The maximum absolute atomic E-state index is 13.0. The summed E-state index contributed by atoms with van der Waals surface area (Å²) in [4.78, 5) is 41.7. The predicted molar refractivity (Wildman–Crippen MR) is 137 cm³/mol. The summed E-state index contributed by atoms with van der Waals surface area (Å²) < 4.78 is 12.7. The van der Waals surface area contributed by atoms with E-state index in [0.717, 1.165) is 13.0 Å². The van der Waals surface area contributed by atoms with Gasteiger partial charge in [0.25, 0.3) is 5.56 Å². The van der Waals surface area contributed by atoms with Crippen LogP contribution in [0.25, 0.3) is 0 Å². The Labute approximate surface area is 212 Å². The number of amides is 1. The second kappa shape index (κ2) is 11.3. The lowest BCUT2D eigenvalue weighted by Crippen LogP contribution is -2.29. The average molecular weight is 496 g/mol. The van der Waals surface area contributed by atoms with Gasteiger partial charge in [-0.25, -0.2) is 4.79 Å². The summed E-state index contributed by atoms with van der Waals surface area (Å²) in [6, 6.07) is 10.1. The van der Waals surface area contributed by atoms with Crippen molar-refractivity contribution in [1.82, 2.24) is 14.4 Å². The lowest BCUT2D eigenvalue weighted by atomic mass is 10.0. The number of hydrogen-bond acceptors (Lipinski definition) is 6. The van der Waals surface area contributed by atoms with Gasteiger partial charge in [-0.3, -0.25) is 14.5 Å². The Hall–Kier alpha value is -3.13. The highest BCUT2D eigenvalue weighted by Gasteiger charge is 2.30. The van der Waals surface area contributed by atoms with Gasteiger partial charge in [0.05, 0.1) is 13.7 Å². The molecule has 1 fully saturated rings. The first-order valence-electron chi connectivity index (χ1n) is 12.8. The van der Waals surface area contributed by atoms with Crippen LogP contribution < -0.4 is 10.3 Å². The van der Waals surface area contributed by atoms with E-state index in [-0.39, 0.29) is 29.7 Å². The van der Waals surface area contributed by atoms with Crippen molar-refractivity contribution < 1.29 is 19.1 Å². The lowest BCUT2D eigenvalue weighted by Gasteiger charge is -2.19. The summed E-state index contributed by atoms with van der Waals surface area (Å²) in [6.07, 6.45) is 2.00. The Bertz CT molecular complexity index is 1160. The van der Waals surface area contributed by atoms with E-state index in [9.17, 15) is 14.4 Å². The third kappa shape index (κ3) is 5.98. The first-order valence-corrected chi connectivity index (χ1v) is 12.8. The monoisotopic (exact) mass is 495 g/mol. The molecule has 0 bridgehead atoms. The van der Waals surface area contributed by atoms with Crippen molar-refractivity contribution in [2.75, 3.05) is 40.4 Å². The minimum absolute atomic E-state index is 0.0250. The second-order valence-corrected chi connectivity index (χ2v) is 10.4. The molecule has 36 heavy (non-hydrogen) atoms. The summed E-state index contributed by atoms with van der Waals surface area (Å²) in [5.41, 5.74) is 3.35. The largest absolute Gasteiger partial charge is 0.492 e. The summed E-state index contributed by atoms with van der Waals surface area (Å²) in [7, 11) is 3.10. The van der Waals surface area contributed by atoms with Gasteiger partial charge in [-0.15, -0.1) is 0 Å². The maximum atomic E-state index is 13.0. The Morgan fingerprint density at radius 3 is 2.44 bits per heavy atom. The molecule has 2 aliphatic heterocycles. The summed E-state index contributed by atoms with van der Waals surface area (Å²) >= 11 is 0. The molecule has 4 rings (SSSR count). The highest BCUT2D eigenvalue weighted by molar-refractivity contribution is 5.93. The molecule has 1 atom stereocenters. The highest BCUT2D eigenvalue weighted by atomic mass is 16.5. The van der Waals surface area contributed by atoms with Crippen molar-refractivity contribution in [2.24, 2.45) is 11.8 Å². The van der Waals surface area contributed by atoms with Crippen molar-refractivity contribution >= 4 is 11.9 Å². The van der Waals surface area contributed by atoms with Crippen LogP contribution in [0, 0.1) is 11.8 Å². The highest BCUT2D eigenvalue weighted by Crippen LogP contribution is 2.26. The summed E-state index contributed by atoms with van der Waals surface area (Å²) in [5, 5.41) is 0. The minimum atomic E-state index is -0.512. The van der Waals surface area contributed by atoms with Crippen molar-refractivity contribution in [2.45, 2.75) is 46.2 Å². The second-order valence-electron chi connectivity index (χ2n) is 10.4. The van der Waals surface area contributed by atoms with E-state index in [1.165, 1.54) is 24.3 Å². The number of esters is 1. The van der Waals surface area contributed by atoms with Crippen LogP contribution in [0.15, 0.2) is 35.1 Å². The Morgan fingerprint density at radius 2 is 1.81 bits per heavy atom. The number of carbonyl (C=O) groups excluding carboxylic acids is 2. The van der Waals surface area contributed by atoms with Gasteiger partial charge in [0.2, 0.25) is 5.91 Å². The molecule has 0 spiro atoms. The fraction of sp³-hybridized carbons (Fsp3) is 0.536. The molecule has 3 heterocycles. The van der Waals surface area contributed by atoms with Crippen molar-refractivity contribution in [1.29, 1.82) is 0 Å². The third-order valence-electron chi connectivity index (χ3n) is 7.04. The first-order chi connectivity index (χ1) is 17.2. The standard InChI is InChI=1S/C28H37N3O5/c1-19(2)13-20-5-7-21(8-6-20)17-30-10-9-23-27(28(34)35-4)24(15-26(33)31(23)12-11-30)36-18-22-14-25(32)29(3)16-22/h5-8,15,19,22H,9-14,16-18H2,1-4H3/t22-/m0/s1. The minimum Gasteiger partial charge on any atom is -0.492 e. The third-order valence-corrected chi connectivity index (χ3v) is 7.04. The van der Waals surface area contributed by atoms with Crippen LogP contribution in [0.3, 0.4) is 0 Å². The molecule has 0 unspecified atom stereocenters. The molecule has 8 heteroatoms. The molecule has 2 aliphatic rings. The topological polar surface area (TPSA) is 81.1 Å². The van der Waals surface area contributed by atoms with E-state index in [1.54, 1.807) is 16.5 Å². The van der Waals surface area contributed by atoms with Crippen LogP contribution in [-0.2, 0) is 35.5 Å². The summed E-state index contributed by atoms with van der Waals surface area (Å²) in [6.45, 7) is 8.00. The molecule has 194 valence electrons. The number of likely N-dealkylation sites (tertiary alicyclic amines) is 1. The fourth-order valence-electron chi connectivity index (χ4n) is 5.17. The van der Waals surface area contributed by atoms with Gasteiger partial charge < -0.3 is 18.9 Å². The van der Waals surface area contributed by atoms with Gasteiger partial charge >= 0.3 is 5.97 Å². The van der Waals surface area contributed by atoms with E-state index in [4.69, 9.17) is 9.47 Å². The van der Waals surface area contributed by atoms with Crippen molar-refractivity contribution in [3.8, 4) is 5.75 Å². The molecule has 0 radical (unpaired) electrons. The number of pyridine rings is 1. The van der Waals surface area contributed by atoms with Crippen molar-refractivity contribution in [3.05, 3.63) is 63.1 Å². The zero-order valence-electron chi connectivity index (χ0n) is 21.8. The Morgan fingerprint density at radius 1 is 1.08 bits per heavy atom. The van der Waals surface area contributed by atoms with Gasteiger partial charge in [0.15, 0.2) is 0 Å². The number of ether oxygens (including phenoxy) is 2. The van der Waals surface area contributed by atoms with E-state index in [1.807, 2.05) is 0 Å². The van der Waals surface area contributed by atoms with E-state index in [2.05, 4.69) is 43.0 Å². The molecule has 0 aliphatic carbocycles. The molecule has 1 saturated heterocycles. The maximum Gasteiger partial charge on any atom is 0.343 e.